The van der Waals surface area contributed by atoms with E-state index in [4.69, 9.17) is 10.2 Å². The maximum Gasteiger partial charge on any atom is 0.319 e. The summed E-state index contributed by atoms with van der Waals surface area (Å²) in [5.41, 5.74) is 0. The van der Waals surface area contributed by atoms with E-state index in [0.29, 0.717) is 0 Å². The summed E-state index contributed by atoms with van der Waals surface area (Å²) in [5.74, 6) is -1.62. The van der Waals surface area contributed by atoms with Crippen LogP contribution in [-0.2, 0) is 19.1 Å². The Morgan fingerprint density at radius 3 is 2.46 bits per heavy atom. The number of hydrogen-bond donors (Lipinski definition) is 2. The maximum absolute atomic E-state index is 10.7. The quantitative estimate of drug-likeness (QED) is 0.322. The van der Waals surface area contributed by atoms with Crippen molar-refractivity contribution < 1.29 is 29.3 Å². The van der Waals surface area contributed by atoms with E-state index >= 15 is 0 Å². The van der Waals surface area contributed by atoms with Crippen molar-refractivity contribution in [2.75, 3.05) is 13.7 Å². The number of esters is 2. The number of ether oxygens (including phenoxy) is 2. The summed E-state index contributed by atoms with van der Waals surface area (Å²) in [7, 11) is 1.14. The number of aliphatic hydroxyl groups excluding tert-OH is 2. The van der Waals surface area contributed by atoms with E-state index in [9.17, 15) is 9.59 Å². The molecule has 0 fully saturated rings. The third-order valence-electron chi connectivity index (χ3n) is 1.16. The minimum Gasteiger partial charge on any atom is -0.469 e. The van der Waals surface area contributed by atoms with Gasteiger partial charge < -0.3 is 19.7 Å². The Balaban J connectivity index is 3.67. The van der Waals surface area contributed by atoms with Gasteiger partial charge in [-0.05, 0) is 0 Å². The predicted molar refractivity (Wildman–Crippen MR) is 40.4 cm³/mol. The van der Waals surface area contributed by atoms with Crippen molar-refractivity contribution in [2.45, 2.75) is 19.1 Å². The Kier molecular flexibility index (Phi) is 5.82. The Hall–Kier alpha value is -1.14. The minimum atomic E-state index is -1.37. The summed E-state index contributed by atoms with van der Waals surface area (Å²) >= 11 is 0. The zero-order chi connectivity index (χ0) is 10.3. The first-order chi connectivity index (χ1) is 6.10. The summed E-state index contributed by atoms with van der Waals surface area (Å²) in [6.07, 6.45) is -1.99. The van der Waals surface area contributed by atoms with Gasteiger partial charge >= 0.3 is 11.9 Å². The van der Waals surface area contributed by atoms with E-state index < -0.39 is 24.6 Å². The fourth-order valence-corrected chi connectivity index (χ4v) is 0.553. The van der Waals surface area contributed by atoms with Crippen LogP contribution < -0.4 is 0 Å². The molecule has 0 saturated carbocycles. The molecule has 0 bridgehead atoms. The highest BCUT2D eigenvalue weighted by Gasteiger charge is 2.14. The van der Waals surface area contributed by atoms with Gasteiger partial charge in [-0.25, -0.2) is 0 Å². The second-order valence-corrected chi connectivity index (χ2v) is 2.21. The van der Waals surface area contributed by atoms with Gasteiger partial charge in [-0.15, -0.1) is 0 Å². The lowest BCUT2D eigenvalue weighted by molar-refractivity contribution is -0.172. The van der Waals surface area contributed by atoms with Crippen LogP contribution in [0.4, 0.5) is 0 Å². The van der Waals surface area contributed by atoms with Crippen LogP contribution in [0.2, 0.25) is 0 Å². The molecule has 0 aromatic carbocycles. The highest BCUT2D eigenvalue weighted by atomic mass is 16.6. The summed E-state index contributed by atoms with van der Waals surface area (Å²) in [6, 6.07) is 0. The maximum atomic E-state index is 10.7. The summed E-state index contributed by atoms with van der Waals surface area (Å²) in [6.45, 7) is -0.299. The fraction of sp³-hybridized carbons (Fsp3) is 0.714. The van der Waals surface area contributed by atoms with Crippen LogP contribution in [0.3, 0.4) is 0 Å². The van der Waals surface area contributed by atoms with Crippen molar-refractivity contribution in [3.05, 3.63) is 0 Å². The van der Waals surface area contributed by atoms with Gasteiger partial charge in [0, 0.05) is 13.0 Å². The lowest BCUT2D eigenvalue weighted by atomic mass is 10.4. The number of methoxy groups -OCH3 is 1. The minimum absolute atomic E-state index is 0.0765. The molecular formula is C7H12O6. The molecule has 76 valence electrons. The van der Waals surface area contributed by atoms with Gasteiger partial charge in [0.2, 0.25) is 6.29 Å². The highest BCUT2D eigenvalue weighted by Crippen LogP contribution is 1.97. The van der Waals surface area contributed by atoms with Crippen molar-refractivity contribution in [1.82, 2.24) is 0 Å². The first kappa shape index (κ1) is 11.9. The first-order valence-electron chi connectivity index (χ1n) is 3.65. The molecule has 0 radical (unpaired) electrons. The van der Waals surface area contributed by atoms with Gasteiger partial charge in [-0.2, -0.15) is 0 Å². The van der Waals surface area contributed by atoms with E-state index in [1.165, 1.54) is 0 Å². The molecule has 0 aliphatic rings. The number of carbonyl (C=O) groups excluding carboxylic acids is 2. The van der Waals surface area contributed by atoms with E-state index in [1.807, 2.05) is 0 Å². The molecular weight excluding hydrogens is 180 g/mol. The average molecular weight is 192 g/mol. The van der Waals surface area contributed by atoms with Crippen molar-refractivity contribution in [2.24, 2.45) is 0 Å². The molecule has 0 aliphatic carbocycles. The zero-order valence-electron chi connectivity index (χ0n) is 7.23. The Labute approximate surface area is 75.1 Å². The third kappa shape index (κ3) is 6.06. The summed E-state index contributed by atoms with van der Waals surface area (Å²) < 4.78 is 8.51. The van der Waals surface area contributed by atoms with Crippen molar-refractivity contribution in [3.63, 3.8) is 0 Å². The normalized spacial score (nSPS) is 11.9. The molecule has 0 spiro atoms. The molecule has 6 heteroatoms. The number of aliphatic hydroxyl groups is 2. The molecule has 13 heavy (non-hydrogen) atoms. The standard InChI is InChI=1S/C7H12O6/c1-12-6(10)4-7(11)13-5(9)2-3-8/h5,8-9H,2-4H2,1H3. The first-order valence-corrected chi connectivity index (χ1v) is 3.65. The van der Waals surface area contributed by atoms with Crippen LogP contribution in [0, 0.1) is 0 Å². The molecule has 0 aliphatic heterocycles. The van der Waals surface area contributed by atoms with Crippen LogP contribution in [0.5, 0.6) is 0 Å². The molecule has 0 amide bonds. The highest BCUT2D eigenvalue weighted by molar-refractivity contribution is 5.91. The molecule has 0 heterocycles. The monoisotopic (exact) mass is 192 g/mol. The second kappa shape index (κ2) is 6.38. The van der Waals surface area contributed by atoms with Crippen molar-refractivity contribution in [1.29, 1.82) is 0 Å². The van der Waals surface area contributed by atoms with Crippen LogP contribution in [0.25, 0.3) is 0 Å². The number of hydrogen-bond acceptors (Lipinski definition) is 6. The lowest BCUT2D eigenvalue weighted by Gasteiger charge is -2.09. The SMILES string of the molecule is COC(=O)CC(=O)OC(O)CCO. The van der Waals surface area contributed by atoms with Gasteiger partial charge in [-0.3, -0.25) is 9.59 Å². The zero-order valence-corrected chi connectivity index (χ0v) is 7.23. The third-order valence-corrected chi connectivity index (χ3v) is 1.16. The fourth-order valence-electron chi connectivity index (χ4n) is 0.553. The second-order valence-electron chi connectivity index (χ2n) is 2.21. The van der Waals surface area contributed by atoms with E-state index in [2.05, 4.69) is 9.47 Å². The topological polar surface area (TPSA) is 93.1 Å². The van der Waals surface area contributed by atoms with Crippen LogP contribution in [0.1, 0.15) is 12.8 Å². The molecule has 2 N–H and O–H groups in total. The molecule has 0 saturated heterocycles. The molecule has 0 aromatic heterocycles. The Morgan fingerprint density at radius 2 is 2.00 bits per heavy atom. The molecule has 1 atom stereocenters. The van der Waals surface area contributed by atoms with Gasteiger partial charge in [0.15, 0.2) is 0 Å². The molecule has 1 unspecified atom stereocenters. The van der Waals surface area contributed by atoms with Gasteiger partial charge in [0.25, 0.3) is 0 Å². The summed E-state index contributed by atoms with van der Waals surface area (Å²) in [4.78, 5) is 21.2. The van der Waals surface area contributed by atoms with Crippen molar-refractivity contribution >= 4 is 11.9 Å². The molecule has 0 aromatic rings. The number of rotatable bonds is 5. The smallest absolute Gasteiger partial charge is 0.319 e. The largest absolute Gasteiger partial charge is 0.469 e. The predicted octanol–water partition coefficient (Wildman–Crippen LogP) is -1.21. The van der Waals surface area contributed by atoms with E-state index in [-0.39, 0.29) is 13.0 Å². The lowest BCUT2D eigenvalue weighted by Crippen LogP contribution is -2.21. The van der Waals surface area contributed by atoms with E-state index in [1.54, 1.807) is 0 Å². The van der Waals surface area contributed by atoms with Gasteiger partial charge in [-0.1, -0.05) is 0 Å². The van der Waals surface area contributed by atoms with Crippen LogP contribution in [-0.4, -0.2) is 42.2 Å². The van der Waals surface area contributed by atoms with Crippen molar-refractivity contribution in [3.8, 4) is 0 Å². The average Bonchev–Trinajstić information content (AvgIpc) is 2.04. The Morgan fingerprint density at radius 1 is 1.38 bits per heavy atom. The molecule has 0 rings (SSSR count). The number of carbonyl (C=O) groups is 2. The van der Waals surface area contributed by atoms with Crippen LogP contribution >= 0.6 is 0 Å². The molecule has 6 nitrogen and oxygen atoms in total. The van der Waals surface area contributed by atoms with Gasteiger partial charge in [0.1, 0.15) is 6.42 Å². The Bertz CT molecular complexity index is 178. The van der Waals surface area contributed by atoms with Crippen LogP contribution in [0.15, 0.2) is 0 Å². The van der Waals surface area contributed by atoms with Gasteiger partial charge in [0.05, 0.1) is 7.11 Å². The summed E-state index contributed by atoms with van der Waals surface area (Å²) in [5, 5.41) is 17.2. The van der Waals surface area contributed by atoms with E-state index in [0.717, 1.165) is 7.11 Å².